The molecule has 0 bridgehead atoms. The van der Waals surface area contributed by atoms with Crippen molar-refractivity contribution in [2.24, 2.45) is 0 Å². The van der Waals surface area contributed by atoms with Gasteiger partial charge in [-0.1, -0.05) is 19.1 Å². The predicted molar refractivity (Wildman–Crippen MR) is 98.3 cm³/mol. The number of nitrogens with one attached hydrogen (secondary N) is 1. The van der Waals surface area contributed by atoms with Crippen molar-refractivity contribution >= 4 is 11.6 Å². The molecule has 25 heavy (non-hydrogen) atoms. The third kappa shape index (κ3) is 4.92. The Morgan fingerprint density at radius 1 is 1.08 bits per heavy atom. The molecular weight excluding hydrogens is 319 g/mol. The van der Waals surface area contributed by atoms with Crippen LogP contribution in [0, 0.1) is 5.82 Å². The van der Waals surface area contributed by atoms with Gasteiger partial charge in [-0.05, 0) is 31.5 Å². The van der Waals surface area contributed by atoms with E-state index in [-0.39, 0.29) is 11.7 Å². The number of hydrogen-bond acceptors (Lipinski definition) is 4. The first-order valence-electron chi connectivity index (χ1n) is 9.39. The van der Waals surface area contributed by atoms with Gasteiger partial charge in [-0.3, -0.25) is 9.69 Å². The molecule has 2 saturated heterocycles. The van der Waals surface area contributed by atoms with Gasteiger partial charge in [0.2, 0.25) is 5.91 Å². The van der Waals surface area contributed by atoms with Crippen molar-refractivity contribution in [3.05, 3.63) is 30.1 Å². The summed E-state index contributed by atoms with van der Waals surface area (Å²) in [4.78, 5) is 18.9. The van der Waals surface area contributed by atoms with Gasteiger partial charge in [0, 0.05) is 45.3 Å². The van der Waals surface area contributed by atoms with E-state index in [4.69, 9.17) is 0 Å². The number of likely N-dealkylation sites (tertiary alicyclic amines) is 1. The molecule has 0 saturated carbocycles. The molecule has 0 atom stereocenters. The van der Waals surface area contributed by atoms with Gasteiger partial charge >= 0.3 is 0 Å². The van der Waals surface area contributed by atoms with Crippen molar-refractivity contribution in [3.63, 3.8) is 0 Å². The second-order valence-corrected chi connectivity index (χ2v) is 6.99. The lowest BCUT2D eigenvalue weighted by atomic mass is 10.1. The van der Waals surface area contributed by atoms with E-state index in [9.17, 15) is 9.18 Å². The molecule has 0 spiro atoms. The minimum Gasteiger partial charge on any atom is -0.367 e. The third-order valence-electron chi connectivity index (χ3n) is 5.33. The highest BCUT2D eigenvalue weighted by atomic mass is 19.1. The zero-order valence-corrected chi connectivity index (χ0v) is 15.1. The Morgan fingerprint density at radius 2 is 1.76 bits per heavy atom. The number of carbonyl (C=O) groups excluding carboxylic acids is 1. The number of rotatable bonds is 5. The maximum absolute atomic E-state index is 13.9. The molecule has 2 aliphatic rings. The summed E-state index contributed by atoms with van der Waals surface area (Å²) < 4.78 is 13.9. The van der Waals surface area contributed by atoms with E-state index < -0.39 is 0 Å². The zero-order valence-electron chi connectivity index (χ0n) is 15.1. The Bertz CT molecular complexity index is 566. The summed E-state index contributed by atoms with van der Waals surface area (Å²) >= 11 is 0. The molecule has 5 nitrogen and oxygen atoms in total. The minimum absolute atomic E-state index is 0.120. The lowest BCUT2D eigenvalue weighted by molar-refractivity contribution is -0.123. The highest BCUT2D eigenvalue weighted by Crippen LogP contribution is 2.20. The van der Waals surface area contributed by atoms with Gasteiger partial charge in [-0.25, -0.2) is 4.39 Å². The molecule has 1 N–H and O–H groups in total. The number of piperazine rings is 1. The maximum atomic E-state index is 13.9. The summed E-state index contributed by atoms with van der Waals surface area (Å²) in [5, 5.41) is 3.18. The van der Waals surface area contributed by atoms with Gasteiger partial charge in [0.05, 0.1) is 12.2 Å². The van der Waals surface area contributed by atoms with Crippen LogP contribution in [-0.4, -0.2) is 74.1 Å². The van der Waals surface area contributed by atoms with Gasteiger partial charge in [-0.15, -0.1) is 0 Å². The topological polar surface area (TPSA) is 38.8 Å². The molecule has 138 valence electrons. The van der Waals surface area contributed by atoms with E-state index in [0.29, 0.717) is 18.3 Å². The Balaban J connectivity index is 1.40. The van der Waals surface area contributed by atoms with E-state index in [1.165, 1.54) is 6.07 Å². The number of anilines is 1. The van der Waals surface area contributed by atoms with Crippen molar-refractivity contribution in [1.82, 2.24) is 15.1 Å². The van der Waals surface area contributed by atoms with Gasteiger partial charge in [0.25, 0.3) is 0 Å². The monoisotopic (exact) mass is 348 g/mol. The van der Waals surface area contributed by atoms with Crippen molar-refractivity contribution in [1.29, 1.82) is 0 Å². The summed E-state index contributed by atoms with van der Waals surface area (Å²) in [5.41, 5.74) is 0.661. The van der Waals surface area contributed by atoms with Crippen LogP contribution in [0.15, 0.2) is 24.3 Å². The molecule has 1 aromatic rings. The number of nitrogens with zero attached hydrogens (tertiary/aromatic N) is 3. The molecule has 1 amide bonds. The van der Waals surface area contributed by atoms with Crippen LogP contribution in [0.25, 0.3) is 0 Å². The number of carbonyl (C=O) groups is 1. The fourth-order valence-electron chi connectivity index (χ4n) is 3.73. The molecule has 0 aliphatic carbocycles. The normalized spacial score (nSPS) is 20.6. The van der Waals surface area contributed by atoms with Crippen molar-refractivity contribution in [3.8, 4) is 0 Å². The van der Waals surface area contributed by atoms with Crippen LogP contribution in [0.2, 0.25) is 0 Å². The first kappa shape index (κ1) is 18.1. The molecule has 0 radical (unpaired) electrons. The van der Waals surface area contributed by atoms with Crippen LogP contribution in [-0.2, 0) is 4.79 Å². The zero-order chi connectivity index (χ0) is 17.6. The number of halogens is 1. The number of benzene rings is 1. The lowest BCUT2D eigenvalue weighted by Crippen LogP contribution is -2.52. The summed E-state index contributed by atoms with van der Waals surface area (Å²) in [6.07, 6.45) is 2.08. The third-order valence-corrected chi connectivity index (χ3v) is 5.33. The van der Waals surface area contributed by atoms with Gasteiger partial charge in [0.15, 0.2) is 0 Å². The highest BCUT2D eigenvalue weighted by Gasteiger charge is 2.23. The fourth-order valence-corrected chi connectivity index (χ4v) is 3.73. The van der Waals surface area contributed by atoms with E-state index in [0.717, 1.165) is 58.7 Å². The molecule has 0 unspecified atom stereocenters. The maximum Gasteiger partial charge on any atom is 0.234 e. The summed E-state index contributed by atoms with van der Waals surface area (Å²) in [7, 11) is 0. The van der Waals surface area contributed by atoms with Crippen LogP contribution in [0.3, 0.4) is 0 Å². The van der Waals surface area contributed by atoms with E-state index in [1.807, 2.05) is 12.1 Å². The van der Waals surface area contributed by atoms with Crippen LogP contribution >= 0.6 is 0 Å². The molecule has 2 fully saturated rings. The molecule has 2 aliphatic heterocycles. The van der Waals surface area contributed by atoms with Crippen LogP contribution < -0.4 is 10.2 Å². The molecular formula is C19H29FN4O. The fraction of sp³-hybridized carbons (Fsp3) is 0.632. The number of para-hydroxylation sites is 1. The number of amides is 1. The van der Waals surface area contributed by atoms with Crippen LogP contribution in [0.4, 0.5) is 10.1 Å². The van der Waals surface area contributed by atoms with Crippen molar-refractivity contribution < 1.29 is 9.18 Å². The predicted octanol–water partition coefficient (Wildman–Crippen LogP) is 1.55. The van der Waals surface area contributed by atoms with E-state index in [1.54, 1.807) is 6.07 Å². The Hall–Kier alpha value is -1.66. The van der Waals surface area contributed by atoms with E-state index >= 15 is 0 Å². The molecule has 2 heterocycles. The SMILES string of the molecule is CCN1CCC(NC(=O)CN2CCN(c3ccccc3F)CC2)CC1. The Morgan fingerprint density at radius 3 is 2.40 bits per heavy atom. The van der Waals surface area contributed by atoms with E-state index in [2.05, 4.69) is 26.9 Å². The summed E-state index contributed by atoms with van der Waals surface area (Å²) in [6, 6.07) is 7.21. The second-order valence-electron chi connectivity index (χ2n) is 6.99. The quantitative estimate of drug-likeness (QED) is 0.876. The summed E-state index contributed by atoms with van der Waals surface area (Å²) in [5.74, 6) is -0.0543. The van der Waals surface area contributed by atoms with Crippen molar-refractivity contribution in [2.75, 3.05) is 57.3 Å². The van der Waals surface area contributed by atoms with Gasteiger partial charge in [-0.2, -0.15) is 0 Å². The first-order chi connectivity index (χ1) is 12.2. The molecule has 0 aromatic heterocycles. The first-order valence-corrected chi connectivity index (χ1v) is 9.39. The van der Waals surface area contributed by atoms with Crippen LogP contribution in [0.1, 0.15) is 19.8 Å². The molecule has 6 heteroatoms. The highest BCUT2D eigenvalue weighted by molar-refractivity contribution is 5.78. The summed E-state index contributed by atoms with van der Waals surface area (Å²) in [6.45, 7) is 8.94. The number of piperidine rings is 1. The molecule has 3 rings (SSSR count). The van der Waals surface area contributed by atoms with Gasteiger partial charge < -0.3 is 15.1 Å². The lowest BCUT2D eigenvalue weighted by Gasteiger charge is -2.36. The van der Waals surface area contributed by atoms with Gasteiger partial charge in [0.1, 0.15) is 5.82 Å². The molecule has 1 aromatic carbocycles. The minimum atomic E-state index is -0.174. The largest absolute Gasteiger partial charge is 0.367 e. The smallest absolute Gasteiger partial charge is 0.234 e. The average molecular weight is 348 g/mol. The number of hydrogen-bond donors (Lipinski definition) is 1. The Labute approximate surface area is 149 Å². The standard InChI is InChI=1S/C19H29FN4O/c1-2-22-9-7-16(8-10-22)21-19(25)15-23-11-13-24(14-12-23)18-6-4-3-5-17(18)20/h3-6,16H,2,7-15H2,1H3,(H,21,25). The average Bonchev–Trinajstić information content (AvgIpc) is 2.63. The Kier molecular flexibility index (Phi) is 6.26. The second kappa shape index (κ2) is 8.63. The van der Waals surface area contributed by atoms with Crippen LogP contribution in [0.5, 0.6) is 0 Å². The van der Waals surface area contributed by atoms with Crippen molar-refractivity contribution in [2.45, 2.75) is 25.8 Å².